The Labute approximate surface area is 108 Å². The Morgan fingerprint density at radius 1 is 1.58 bits per heavy atom. The van der Waals surface area contributed by atoms with E-state index in [0.717, 1.165) is 4.57 Å². The zero-order valence-corrected chi connectivity index (χ0v) is 10.3. The van der Waals surface area contributed by atoms with Gasteiger partial charge in [-0.1, -0.05) is 0 Å². The highest BCUT2D eigenvalue weighted by molar-refractivity contribution is 5.92. The molecule has 0 aliphatic rings. The van der Waals surface area contributed by atoms with Crippen molar-refractivity contribution in [2.75, 3.05) is 20.3 Å². The fraction of sp³-hybridized carbons (Fsp3) is 0.545. The number of carbonyl (C=O) groups is 1. The molecule has 1 atom stereocenters. The first-order valence-corrected chi connectivity index (χ1v) is 5.50. The number of methoxy groups -OCH3 is 1. The maximum atomic E-state index is 12.3. The molecule has 0 fully saturated rings. The second-order valence-electron chi connectivity index (χ2n) is 3.94. The van der Waals surface area contributed by atoms with E-state index in [9.17, 15) is 18.0 Å². The van der Waals surface area contributed by atoms with Crippen LogP contribution in [0, 0.1) is 0 Å². The van der Waals surface area contributed by atoms with Crippen LogP contribution in [0.1, 0.15) is 10.5 Å². The van der Waals surface area contributed by atoms with E-state index in [2.05, 4.69) is 5.32 Å². The van der Waals surface area contributed by atoms with Gasteiger partial charge in [-0.3, -0.25) is 4.79 Å². The molecule has 0 saturated heterocycles. The van der Waals surface area contributed by atoms with Gasteiger partial charge in [-0.2, -0.15) is 13.2 Å². The third-order valence-electron chi connectivity index (χ3n) is 2.34. The Balaban J connectivity index is 2.74. The smallest absolute Gasteiger partial charge is 0.394 e. The maximum Gasteiger partial charge on any atom is 0.406 e. The van der Waals surface area contributed by atoms with E-state index in [1.165, 1.54) is 25.4 Å². The van der Waals surface area contributed by atoms with Crippen LogP contribution in [-0.2, 0) is 11.3 Å². The lowest BCUT2D eigenvalue weighted by atomic mass is 10.3. The van der Waals surface area contributed by atoms with Gasteiger partial charge in [-0.15, -0.1) is 0 Å². The van der Waals surface area contributed by atoms with Crippen molar-refractivity contribution < 1.29 is 27.8 Å². The summed E-state index contributed by atoms with van der Waals surface area (Å²) in [5.74, 6) is -0.689. The van der Waals surface area contributed by atoms with Crippen molar-refractivity contribution in [1.82, 2.24) is 9.88 Å². The zero-order valence-electron chi connectivity index (χ0n) is 10.3. The van der Waals surface area contributed by atoms with E-state index < -0.39 is 24.7 Å². The van der Waals surface area contributed by atoms with Crippen molar-refractivity contribution in [3.63, 3.8) is 0 Å². The van der Waals surface area contributed by atoms with Crippen molar-refractivity contribution in [3.8, 4) is 0 Å². The van der Waals surface area contributed by atoms with Crippen molar-refractivity contribution in [2.45, 2.75) is 18.8 Å². The van der Waals surface area contributed by atoms with Crippen LogP contribution < -0.4 is 5.32 Å². The fourth-order valence-corrected chi connectivity index (χ4v) is 1.55. The molecule has 5 nitrogen and oxygen atoms in total. The Morgan fingerprint density at radius 3 is 2.79 bits per heavy atom. The number of rotatable bonds is 6. The predicted octanol–water partition coefficient (Wildman–Crippen LogP) is 0.787. The number of aromatic nitrogens is 1. The molecule has 0 radical (unpaired) electrons. The van der Waals surface area contributed by atoms with Crippen molar-refractivity contribution in [1.29, 1.82) is 0 Å². The molecular formula is C11H15F3N2O3. The average Bonchev–Trinajstić information content (AvgIpc) is 2.74. The molecular weight excluding hydrogens is 265 g/mol. The molecule has 8 heteroatoms. The molecule has 2 N–H and O–H groups in total. The van der Waals surface area contributed by atoms with Crippen LogP contribution in [0.4, 0.5) is 13.2 Å². The molecule has 1 aromatic rings. The number of hydrogen-bond donors (Lipinski definition) is 2. The van der Waals surface area contributed by atoms with Crippen LogP contribution in [0.3, 0.4) is 0 Å². The van der Waals surface area contributed by atoms with Crippen LogP contribution >= 0.6 is 0 Å². The van der Waals surface area contributed by atoms with E-state index >= 15 is 0 Å². The van der Waals surface area contributed by atoms with E-state index in [1.54, 1.807) is 0 Å². The first kappa shape index (κ1) is 15.5. The van der Waals surface area contributed by atoms with Crippen LogP contribution in [0.2, 0.25) is 0 Å². The summed E-state index contributed by atoms with van der Waals surface area (Å²) >= 11 is 0. The Bertz CT molecular complexity index is 418. The highest BCUT2D eigenvalue weighted by Crippen LogP contribution is 2.19. The highest BCUT2D eigenvalue weighted by Gasteiger charge is 2.29. The van der Waals surface area contributed by atoms with Gasteiger partial charge in [-0.05, 0) is 12.1 Å². The number of amides is 1. The lowest BCUT2D eigenvalue weighted by molar-refractivity contribution is -0.140. The van der Waals surface area contributed by atoms with Gasteiger partial charge in [0, 0.05) is 13.3 Å². The maximum absolute atomic E-state index is 12.3. The summed E-state index contributed by atoms with van der Waals surface area (Å²) in [5.41, 5.74) is -0.119. The Morgan fingerprint density at radius 2 is 2.26 bits per heavy atom. The molecule has 0 aliphatic heterocycles. The number of aliphatic hydroxyl groups is 1. The number of nitrogens with one attached hydrogen (secondary N) is 1. The summed E-state index contributed by atoms with van der Waals surface area (Å²) in [6.07, 6.45) is -3.23. The van der Waals surface area contributed by atoms with Crippen LogP contribution in [-0.4, -0.2) is 48.1 Å². The van der Waals surface area contributed by atoms with Crippen molar-refractivity contribution >= 4 is 5.91 Å². The van der Waals surface area contributed by atoms with Crippen molar-refractivity contribution in [2.24, 2.45) is 0 Å². The molecule has 1 aromatic heterocycles. The minimum atomic E-state index is -4.41. The number of hydrogen-bond acceptors (Lipinski definition) is 3. The molecule has 0 aliphatic carbocycles. The summed E-state index contributed by atoms with van der Waals surface area (Å²) in [5, 5.41) is 11.4. The topological polar surface area (TPSA) is 63.5 Å². The van der Waals surface area contributed by atoms with Crippen molar-refractivity contribution in [3.05, 3.63) is 24.0 Å². The second-order valence-corrected chi connectivity index (χ2v) is 3.94. The highest BCUT2D eigenvalue weighted by atomic mass is 19.4. The first-order chi connectivity index (χ1) is 8.87. The minimum absolute atomic E-state index is 0.0716. The van der Waals surface area contributed by atoms with Gasteiger partial charge in [0.25, 0.3) is 5.91 Å². The standard InChI is InChI=1S/C11H15F3N2O3/c1-19-6-8(5-17)15-10(18)9-3-2-4-16(9)7-11(12,13)14/h2-4,8,17H,5-7H2,1H3,(H,15,18). The average molecular weight is 280 g/mol. The summed E-state index contributed by atoms with van der Waals surface area (Å²) in [4.78, 5) is 11.8. The summed E-state index contributed by atoms with van der Waals surface area (Å²) < 4.78 is 42.5. The molecule has 0 saturated carbocycles. The normalized spacial score (nSPS) is 13.3. The van der Waals surface area contributed by atoms with Gasteiger partial charge in [0.05, 0.1) is 19.3 Å². The van der Waals surface area contributed by atoms with Gasteiger partial charge in [-0.25, -0.2) is 0 Å². The fourth-order valence-electron chi connectivity index (χ4n) is 1.55. The van der Waals surface area contributed by atoms with Gasteiger partial charge in [0.15, 0.2) is 0 Å². The van der Waals surface area contributed by atoms with Crippen LogP contribution in [0.5, 0.6) is 0 Å². The number of nitrogens with zero attached hydrogens (tertiary/aromatic N) is 1. The zero-order chi connectivity index (χ0) is 14.5. The van der Waals surface area contributed by atoms with Crippen LogP contribution in [0.15, 0.2) is 18.3 Å². The van der Waals surface area contributed by atoms with Gasteiger partial charge >= 0.3 is 6.18 Å². The number of carbonyl (C=O) groups excluding carboxylic acids is 1. The SMILES string of the molecule is COCC(CO)NC(=O)c1cccn1CC(F)(F)F. The third kappa shape index (κ3) is 4.92. The molecule has 0 bridgehead atoms. The second kappa shape index (κ2) is 6.58. The Kier molecular flexibility index (Phi) is 5.37. The number of alkyl halides is 3. The largest absolute Gasteiger partial charge is 0.406 e. The molecule has 1 rings (SSSR count). The van der Waals surface area contributed by atoms with E-state index in [0.29, 0.717) is 0 Å². The lowest BCUT2D eigenvalue weighted by Crippen LogP contribution is -2.41. The van der Waals surface area contributed by atoms with Gasteiger partial charge in [0.1, 0.15) is 12.2 Å². The molecule has 19 heavy (non-hydrogen) atoms. The molecule has 1 heterocycles. The number of ether oxygens (including phenoxy) is 1. The molecule has 1 unspecified atom stereocenters. The van der Waals surface area contributed by atoms with E-state index in [4.69, 9.17) is 9.84 Å². The van der Waals surface area contributed by atoms with Crippen LogP contribution in [0.25, 0.3) is 0 Å². The molecule has 0 spiro atoms. The third-order valence-corrected chi connectivity index (χ3v) is 2.34. The summed E-state index contributed by atoms with van der Waals surface area (Å²) in [7, 11) is 1.39. The van der Waals surface area contributed by atoms with E-state index in [-0.39, 0.29) is 18.9 Å². The number of aliphatic hydroxyl groups excluding tert-OH is 1. The Hall–Kier alpha value is -1.54. The molecule has 108 valence electrons. The van der Waals surface area contributed by atoms with Gasteiger partial charge in [0.2, 0.25) is 0 Å². The minimum Gasteiger partial charge on any atom is -0.394 e. The number of halogens is 3. The monoisotopic (exact) mass is 280 g/mol. The van der Waals surface area contributed by atoms with E-state index in [1.807, 2.05) is 0 Å². The molecule has 0 aromatic carbocycles. The van der Waals surface area contributed by atoms with Gasteiger partial charge < -0.3 is 19.7 Å². The summed E-state index contributed by atoms with van der Waals surface area (Å²) in [6, 6.07) is 1.97. The molecule has 1 amide bonds. The quantitative estimate of drug-likeness (QED) is 0.809. The predicted molar refractivity (Wildman–Crippen MR) is 60.7 cm³/mol. The lowest BCUT2D eigenvalue weighted by Gasteiger charge is -2.16. The summed E-state index contributed by atoms with van der Waals surface area (Å²) in [6.45, 7) is -1.53. The first-order valence-electron chi connectivity index (χ1n) is 5.50.